The van der Waals surface area contributed by atoms with Crippen LogP contribution in [0.3, 0.4) is 0 Å². The van der Waals surface area contributed by atoms with E-state index in [1.807, 2.05) is 0 Å². The van der Waals surface area contributed by atoms with Gasteiger partial charge in [0, 0.05) is 19.3 Å². The Kier molecular flexibility index (Phi) is 7.13. The molecular weight excluding hydrogens is 442 g/mol. The second kappa shape index (κ2) is 9.43. The summed E-state index contributed by atoms with van der Waals surface area (Å²) in [7, 11) is -3.32. The number of likely N-dealkylation sites (N-methyl/N-ethyl adjacent to an activating group) is 1. The van der Waals surface area contributed by atoms with Gasteiger partial charge in [-0.05, 0) is 43.4 Å². The molecule has 0 saturated heterocycles. The summed E-state index contributed by atoms with van der Waals surface area (Å²) in [6.45, 7) is 7.05. The van der Waals surface area contributed by atoms with Crippen molar-refractivity contribution in [3.63, 3.8) is 0 Å². The van der Waals surface area contributed by atoms with Crippen LogP contribution in [0.5, 0.6) is 0 Å². The van der Waals surface area contributed by atoms with Gasteiger partial charge in [-0.3, -0.25) is 9.69 Å². The Morgan fingerprint density at radius 1 is 1.10 bits per heavy atom. The number of fused-ring (bicyclic) bond motifs is 1. The fraction of sp³-hybridized carbons (Fsp3) is 0.333. The largest absolute Gasteiger partial charge is 0.302 e. The Balaban J connectivity index is 2.02. The van der Waals surface area contributed by atoms with Gasteiger partial charge in [0.25, 0.3) is 5.91 Å². The van der Waals surface area contributed by atoms with Gasteiger partial charge in [-0.25, -0.2) is 13.4 Å². The lowest BCUT2D eigenvalue weighted by Crippen LogP contribution is -2.39. The van der Waals surface area contributed by atoms with E-state index < -0.39 is 9.84 Å². The zero-order chi connectivity index (χ0) is 21.9. The standard InChI is InChI=1S/C21H24ClN3O3S2/c1-4-24(5-2)12-13-25(20(26)16-8-6-7-9-17(16)22)21-23-18-11-10-15(30(3,27)28)14-19(18)29-21/h6-11,14H,4-5,12-13H2,1-3H3. The Hall–Kier alpha value is -2.00. The molecule has 1 amide bonds. The van der Waals surface area contributed by atoms with E-state index in [1.54, 1.807) is 41.3 Å². The molecule has 30 heavy (non-hydrogen) atoms. The minimum atomic E-state index is -3.32. The van der Waals surface area contributed by atoms with Gasteiger partial charge in [0.1, 0.15) is 0 Å². The van der Waals surface area contributed by atoms with Gasteiger partial charge in [-0.2, -0.15) is 0 Å². The van der Waals surface area contributed by atoms with Gasteiger partial charge in [-0.1, -0.05) is 48.9 Å². The molecule has 0 aliphatic rings. The van der Waals surface area contributed by atoms with Crippen molar-refractivity contribution in [2.75, 3.05) is 37.3 Å². The van der Waals surface area contributed by atoms with E-state index >= 15 is 0 Å². The summed E-state index contributed by atoms with van der Waals surface area (Å²) in [4.78, 5) is 22.0. The van der Waals surface area contributed by atoms with Crippen molar-refractivity contribution in [3.8, 4) is 0 Å². The molecule has 2 aromatic carbocycles. The minimum Gasteiger partial charge on any atom is -0.302 e. The Labute approximate surface area is 186 Å². The highest BCUT2D eigenvalue weighted by Gasteiger charge is 2.24. The molecular formula is C21H24ClN3O3S2. The van der Waals surface area contributed by atoms with Crippen LogP contribution in [0, 0.1) is 0 Å². The monoisotopic (exact) mass is 465 g/mol. The molecule has 160 valence electrons. The smallest absolute Gasteiger partial charge is 0.261 e. The number of amides is 1. The molecule has 9 heteroatoms. The normalized spacial score (nSPS) is 11.9. The molecule has 0 aliphatic carbocycles. The number of aromatic nitrogens is 1. The van der Waals surface area contributed by atoms with Crippen molar-refractivity contribution >= 4 is 54.0 Å². The molecule has 0 fully saturated rings. The van der Waals surface area contributed by atoms with Crippen molar-refractivity contribution in [2.24, 2.45) is 0 Å². The van der Waals surface area contributed by atoms with E-state index in [-0.39, 0.29) is 10.8 Å². The number of hydrogen-bond acceptors (Lipinski definition) is 6. The third-order valence-corrected chi connectivity index (χ3v) is 7.37. The molecule has 0 bridgehead atoms. The number of carbonyl (C=O) groups excluding carboxylic acids is 1. The topological polar surface area (TPSA) is 70.6 Å². The summed E-state index contributed by atoms with van der Waals surface area (Å²) >= 11 is 7.58. The summed E-state index contributed by atoms with van der Waals surface area (Å²) < 4.78 is 24.5. The highest BCUT2D eigenvalue weighted by molar-refractivity contribution is 7.90. The molecule has 0 saturated carbocycles. The minimum absolute atomic E-state index is 0.227. The number of nitrogens with zero attached hydrogens (tertiary/aromatic N) is 3. The van der Waals surface area contributed by atoms with E-state index in [4.69, 9.17) is 11.6 Å². The average molecular weight is 466 g/mol. The first kappa shape index (κ1) is 22.7. The lowest BCUT2D eigenvalue weighted by Gasteiger charge is -2.25. The van der Waals surface area contributed by atoms with Crippen LogP contribution >= 0.6 is 22.9 Å². The zero-order valence-electron chi connectivity index (χ0n) is 17.1. The van der Waals surface area contributed by atoms with Crippen LogP contribution in [0.15, 0.2) is 47.4 Å². The van der Waals surface area contributed by atoms with E-state index in [0.717, 1.165) is 13.1 Å². The third-order valence-electron chi connectivity index (χ3n) is 4.89. The second-order valence-corrected chi connectivity index (χ2v) is 10.3. The van der Waals surface area contributed by atoms with Crippen LogP contribution in [0.2, 0.25) is 5.02 Å². The van der Waals surface area contributed by atoms with Crippen LogP contribution in [-0.2, 0) is 9.84 Å². The summed E-state index contributed by atoms with van der Waals surface area (Å²) in [5.41, 5.74) is 1.07. The first-order chi connectivity index (χ1) is 14.2. The summed E-state index contributed by atoms with van der Waals surface area (Å²) in [5, 5.41) is 0.906. The molecule has 0 N–H and O–H groups in total. The third kappa shape index (κ3) is 5.00. The fourth-order valence-corrected chi connectivity index (χ4v) is 5.05. The van der Waals surface area contributed by atoms with Crippen LogP contribution in [0.1, 0.15) is 24.2 Å². The molecule has 0 atom stereocenters. The molecule has 1 aromatic heterocycles. The second-order valence-electron chi connectivity index (χ2n) is 6.86. The van der Waals surface area contributed by atoms with Crippen LogP contribution < -0.4 is 4.90 Å². The van der Waals surface area contributed by atoms with E-state index in [9.17, 15) is 13.2 Å². The van der Waals surface area contributed by atoms with Gasteiger partial charge in [0.15, 0.2) is 15.0 Å². The van der Waals surface area contributed by atoms with Gasteiger partial charge in [0.05, 0.1) is 25.7 Å². The Bertz CT molecular complexity index is 1160. The van der Waals surface area contributed by atoms with E-state index in [2.05, 4.69) is 23.7 Å². The maximum absolute atomic E-state index is 13.4. The first-order valence-electron chi connectivity index (χ1n) is 9.64. The molecule has 1 heterocycles. The van der Waals surface area contributed by atoms with Gasteiger partial charge < -0.3 is 4.90 Å². The first-order valence-corrected chi connectivity index (χ1v) is 12.7. The molecule has 0 radical (unpaired) electrons. The van der Waals surface area contributed by atoms with Crippen molar-refractivity contribution in [1.29, 1.82) is 0 Å². The molecule has 3 aromatic rings. The molecule has 0 aliphatic heterocycles. The zero-order valence-corrected chi connectivity index (χ0v) is 19.5. The lowest BCUT2D eigenvalue weighted by molar-refractivity contribution is 0.0984. The summed E-state index contributed by atoms with van der Waals surface area (Å²) in [6.07, 6.45) is 1.17. The van der Waals surface area contributed by atoms with Gasteiger partial charge in [0.2, 0.25) is 0 Å². The lowest BCUT2D eigenvalue weighted by atomic mass is 10.2. The Morgan fingerprint density at radius 3 is 2.43 bits per heavy atom. The number of rotatable bonds is 8. The van der Waals surface area contributed by atoms with Crippen molar-refractivity contribution in [3.05, 3.63) is 53.1 Å². The van der Waals surface area contributed by atoms with Crippen LogP contribution in [0.25, 0.3) is 10.2 Å². The number of anilines is 1. The highest BCUT2D eigenvalue weighted by atomic mass is 35.5. The predicted octanol–water partition coefficient (Wildman–Crippen LogP) is 4.34. The number of halogens is 1. The SMILES string of the molecule is CCN(CC)CCN(C(=O)c1ccccc1Cl)c1nc2ccc(S(C)(=O)=O)cc2s1. The summed E-state index contributed by atoms with van der Waals surface area (Å²) in [6, 6.07) is 11.8. The van der Waals surface area contributed by atoms with Crippen LogP contribution in [0.4, 0.5) is 5.13 Å². The predicted molar refractivity (Wildman–Crippen MR) is 124 cm³/mol. The van der Waals surface area contributed by atoms with Crippen molar-refractivity contribution in [2.45, 2.75) is 18.7 Å². The number of sulfone groups is 1. The Morgan fingerprint density at radius 2 is 1.80 bits per heavy atom. The van der Waals surface area contributed by atoms with Crippen molar-refractivity contribution < 1.29 is 13.2 Å². The van der Waals surface area contributed by atoms with Crippen molar-refractivity contribution in [1.82, 2.24) is 9.88 Å². The maximum Gasteiger partial charge on any atom is 0.261 e. The number of carbonyl (C=O) groups is 1. The highest BCUT2D eigenvalue weighted by Crippen LogP contribution is 2.32. The average Bonchev–Trinajstić information content (AvgIpc) is 3.13. The summed E-state index contributed by atoms with van der Waals surface area (Å²) in [5.74, 6) is -0.227. The van der Waals surface area contributed by atoms with E-state index in [0.29, 0.717) is 39.0 Å². The van der Waals surface area contributed by atoms with Gasteiger partial charge >= 0.3 is 0 Å². The van der Waals surface area contributed by atoms with Gasteiger partial charge in [-0.15, -0.1) is 0 Å². The molecule has 0 unspecified atom stereocenters. The number of benzene rings is 2. The van der Waals surface area contributed by atoms with Crippen LogP contribution in [-0.4, -0.2) is 56.6 Å². The molecule has 6 nitrogen and oxygen atoms in total. The quantitative estimate of drug-likeness (QED) is 0.494. The van der Waals surface area contributed by atoms with E-state index in [1.165, 1.54) is 23.7 Å². The number of thiazole rings is 1. The fourth-order valence-electron chi connectivity index (χ4n) is 3.08. The molecule has 0 spiro atoms. The number of hydrogen-bond donors (Lipinski definition) is 0. The molecule has 3 rings (SSSR count). The maximum atomic E-state index is 13.4.